The highest BCUT2D eigenvalue weighted by Crippen LogP contribution is 2.28. The maximum Gasteiger partial charge on any atom is 0.253 e. The molecule has 3 rings (SSSR count). The molecule has 1 amide bonds. The first-order valence-corrected chi connectivity index (χ1v) is 12.4. The predicted molar refractivity (Wildman–Crippen MR) is 131 cm³/mol. The van der Waals surface area contributed by atoms with Gasteiger partial charge >= 0.3 is 0 Å². The number of rotatable bonds is 5. The van der Waals surface area contributed by atoms with Crippen molar-refractivity contribution in [1.82, 2.24) is 10.3 Å². The van der Waals surface area contributed by atoms with Crippen LogP contribution in [0.4, 0.5) is 5.69 Å². The van der Waals surface area contributed by atoms with Crippen molar-refractivity contribution in [3.63, 3.8) is 0 Å². The van der Waals surface area contributed by atoms with Crippen LogP contribution in [0, 0.1) is 13.8 Å². The van der Waals surface area contributed by atoms with Gasteiger partial charge in [0.25, 0.3) is 5.91 Å². The number of hydrogen-bond donors (Lipinski definition) is 2. The van der Waals surface area contributed by atoms with Crippen LogP contribution in [0.1, 0.15) is 66.3 Å². The highest BCUT2D eigenvalue weighted by molar-refractivity contribution is 7.92. The maximum absolute atomic E-state index is 13.0. The fourth-order valence-electron chi connectivity index (χ4n) is 3.66. The van der Waals surface area contributed by atoms with E-state index in [0.29, 0.717) is 11.3 Å². The molecular weight excluding hydrogens is 422 g/mol. The van der Waals surface area contributed by atoms with E-state index in [1.807, 2.05) is 39.0 Å². The maximum atomic E-state index is 13.0. The lowest BCUT2D eigenvalue weighted by atomic mass is 9.86. The van der Waals surface area contributed by atoms with Gasteiger partial charge in [-0.2, -0.15) is 0 Å². The first-order valence-electron chi connectivity index (χ1n) is 10.6. The molecule has 170 valence electrons. The summed E-state index contributed by atoms with van der Waals surface area (Å²) in [6, 6.07) is 11.4. The highest BCUT2D eigenvalue weighted by Gasteiger charge is 2.19. The number of anilines is 1. The fourth-order valence-corrected chi connectivity index (χ4v) is 4.28. The van der Waals surface area contributed by atoms with E-state index in [4.69, 9.17) is 0 Å². The lowest BCUT2D eigenvalue weighted by Gasteiger charge is -2.20. The number of sulfonamides is 1. The second kappa shape index (κ2) is 8.54. The number of benzene rings is 2. The van der Waals surface area contributed by atoms with Gasteiger partial charge in [-0.25, -0.2) is 8.42 Å². The van der Waals surface area contributed by atoms with Gasteiger partial charge in [0.15, 0.2) is 0 Å². The summed E-state index contributed by atoms with van der Waals surface area (Å²) in [4.78, 5) is 17.6. The molecule has 1 aromatic heterocycles. The fraction of sp³-hybridized carbons (Fsp3) is 0.360. The van der Waals surface area contributed by atoms with Crippen molar-refractivity contribution in [2.45, 2.75) is 53.0 Å². The molecule has 2 N–H and O–H groups in total. The number of carbonyl (C=O) groups excluding carboxylic acids is 1. The van der Waals surface area contributed by atoms with Gasteiger partial charge in [0.1, 0.15) is 0 Å². The molecule has 7 heteroatoms. The zero-order valence-electron chi connectivity index (χ0n) is 19.7. The van der Waals surface area contributed by atoms with Crippen LogP contribution in [0.2, 0.25) is 0 Å². The molecule has 0 radical (unpaired) electrons. The zero-order chi connectivity index (χ0) is 23.8. The molecule has 0 spiro atoms. The number of fused-ring (bicyclic) bond motifs is 1. The molecule has 2 aromatic carbocycles. The second-order valence-corrected chi connectivity index (χ2v) is 11.2. The van der Waals surface area contributed by atoms with E-state index in [1.54, 1.807) is 12.3 Å². The van der Waals surface area contributed by atoms with Gasteiger partial charge in [0.05, 0.1) is 29.1 Å². The third kappa shape index (κ3) is 5.27. The van der Waals surface area contributed by atoms with Crippen molar-refractivity contribution < 1.29 is 13.2 Å². The number of nitrogens with one attached hydrogen (secondary N) is 2. The molecule has 0 bridgehead atoms. The van der Waals surface area contributed by atoms with Gasteiger partial charge < -0.3 is 5.32 Å². The third-order valence-corrected chi connectivity index (χ3v) is 6.23. The Bertz CT molecular complexity index is 1290. The van der Waals surface area contributed by atoms with Gasteiger partial charge in [-0.3, -0.25) is 14.5 Å². The number of amides is 1. The minimum atomic E-state index is -3.35. The minimum absolute atomic E-state index is 0.0275. The summed E-state index contributed by atoms with van der Waals surface area (Å²) in [5, 5.41) is 3.99. The Labute approximate surface area is 190 Å². The Hall–Kier alpha value is -2.93. The molecule has 0 saturated heterocycles. The number of carbonyl (C=O) groups is 1. The van der Waals surface area contributed by atoms with Crippen molar-refractivity contribution >= 4 is 32.5 Å². The van der Waals surface area contributed by atoms with Crippen molar-refractivity contribution in [2.75, 3.05) is 11.0 Å². The SMILES string of the molecule is Cc1cc(C(C)NC(=O)c2cnc3cc(C(C)(C)C)ccc3c2C)ccc1NS(C)(=O)=O. The van der Waals surface area contributed by atoms with E-state index in [9.17, 15) is 13.2 Å². The molecule has 0 saturated carbocycles. The largest absolute Gasteiger partial charge is 0.345 e. The van der Waals surface area contributed by atoms with Crippen LogP contribution in [0.5, 0.6) is 0 Å². The Balaban J connectivity index is 1.83. The lowest BCUT2D eigenvalue weighted by molar-refractivity contribution is 0.0939. The van der Waals surface area contributed by atoms with Crippen LogP contribution >= 0.6 is 0 Å². The average Bonchev–Trinajstić information content (AvgIpc) is 2.67. The third-order valence-electron chi connectivity index (χ3n) is 5.64. The van der Waals surface area contributed by atoms with E-state index in [0.717, 1.165) is 33.8 Å². The topological polar surface area (TPSA) is 88.2 Å². The summed E-state index contributed by atoms with van der Waals surface area (Å²) in [5.41, 5.74) is 5.74. The smallest absolute Gasteiger partial charge is 0.253 e. The molecule has 0 fully saturated rings. The Morgan fingerprint density at radius 3 is 2.34 bits per heavy atom. The molecule has 3 aromatic rings. The van der Waals surface area contributed by atoms with Gasteiger partial charge in [-0.05, 0) is 60.6 Å². The summed E-state index contributed by atoms with van der Waals surface area (Å²) in [6.07, 6.45) is 2.75. The molecule has 0 aliphatic rings. The van der Waals surface area contributed by atoms with Crippen molar-refractivity contribution in [3.8, 4) is 0 Å². The summed E-state index contributed by atoms with van der Waals surface area (Å²) in [7, 11) is -3.35. The monoisotopic (exact) mass is 453 g/mol. The Kier molecular flexibility index (Phi) is 6.33. The average molecular weight is 454 g/mol. The predicted octanol–water partition coefficient (Wildman–Crippen LogP) is 5.01. The number of pyridine rings is 1. The second-order valence-electron chi connectivity index (χ2n) is 9.42. The van der Waals surface area contributed by atoms with E-state index < -0.39 is 10.0 Å². The number of nitrogens with zero attached hydrogens (tertiary/aromatic N) is 1. The van der Waals surface area contributed by atoms with Crippen molar-refractivity contribution in [1.29, 1.82) is 0 Å². The number of aryl methyl sites for hydroxylation is 2. The highest BCUT2D eigenvalue weighted by atomic mass is 32.2. The molecule has 1 atom stereocenters. The van der Waals surface area contributed by atoms with E-state index >= 15 is 0 Å². The quantitative estimate of drug-likeness (QED) is 0.568. The van der Waals surface area contributed by atoms with Crippen molar-refractivity contribution in [2.24, 2.45) is 0 Å². The summed E-state index contributed by atoms with van der Waals surface area (Å²) in [5.74, 6) is -0.194. The van der Waals surface area contributed by atoms with Crippen LogP contribution in [-0.2, 0) is 15.4 Å². The van der Waals surface area contributed by atoms with Crippen LogP contribution in [0.25, 0.3) is 10.9 Å². The van der Waals surface area contributed by atoms with Gasteiger partial charge in [0.2, 0.25) is 10.0 Å². The Morgan fingerprint density at radius 1 is 1.06 bits per heavy atom. The molecule has 0 aliphatic heterocycles. The van der Waals surface area contributed by atoms with E-state index in [1.165, 1.54) is 5.56 Å². The summed E-state index contributed by atoms with van der Waals surface area (Å²) < 4.78 is 25.5. The minimum Gasteiger partial charge on any atom is -0.345 e. The van der Waals surface area contributed by atoms with Crippen LogP contribution in [0.15, 0.2) is 42.6 Å². The van der Waals surface area contributed by atoms with Gasteiger partial charge in [-0.15, -0.1) is 0 Å². The van der Waals surface area contributed by atoms with Crippen LogP contribution in [-0.4, -0.2) is 25.6 Å². The van der Waals surface area contributed by atoms with Crippen LogP contribution in [0.3, 0.4) is 0 Å². The number of aromatic nitrogens is 1. The van der Waals surface area contributed by atoms with Crippen molar-refractivity contribution in [3.05, 3.63) is 70.4 Å². The zero-order valence-corrected chi connectivity index (χ0v) is 20.5. The summed E-state index contributed by atoms with van der Waals surface area (Å²) in [6.45, 7) is 12.2. The van der Waals surface area contributed by atoms with Gasteiger partial charge in [0, 0.05) is 11.6 Å². The lowest BCUT2D eigenvalue weighted by Crippen LogP contribution is -2.27. The first kappa shape index (κ1) is 23.7. The normalized spacial score (nSPS) is 13.1. The molecule has 0 aliphatic carbocycles. The molecule has 1 heterocycles. The molecule has 1 unspecified atom stereocenters. The standard InChI is InChI=1S/C25H31N3O3S/c1-15-12-18(8-11-22(15)28-32(7,30)31)17(3)27-24(29)21-14-26-23-13-19(25(4,5)6)9-10-20(23)16(21)2/h8-14,17,28H,1-7H3,(H,27,29). The van der Waals surface area contributed by atoms with E-state index in [-0.39, 0.29) is 17.4 Å². The molecule has 32 heavy (non-hydrogen) atoms. The first-order chi connectivity index (χ1) is 14.8. The van der Waals surface area contributed by atoms with Gasteiger partial charge in [-0.1, -0.05) is 45.0 Å². The Morgan fingerprint density at radius 2 is 1.75 bits per heavy atom. The summed E-state index contributed by atoms with van der Waals surface area (Å²) >= 11 is 0. The van der Waals surface area contributed by atoms with E-state index in [2.05, 4.69) is 47.9 Å². The molecular formula is C25H31N3O3S. The molecule has 6 nitrogen and oxygen atoms in total. The van der Waals surface area contributed by atoms with Crippen LogP contribution < -0.4 is 10.0 Å². The number of hydrogen-bond acceptors (Lipinski definition) is 4.